The first-order valence-electron chi connectivity index (χ1n) is 9.60. The molecule has 4 heteroatoms. The Morgan fingerprint density at radius 2 is 1.56 bits per heavy atom. The SMILES string of the molecule is CCCCCCCCCn1c2cccc3cccc(c32)n2cnnc12. The Morgan fingerprint density at radius 1 is 0.840 bits per heavy atom. The molecule has 4 aromatic rings. The maximum Gasteiger partial charge on any atom is 0.236 e. The van der Waals surface area contributed by atoms with Crippen molar-refractivity contribution in [2.45, 2.75) is 58.4 Å². The van der Waals surface area contributed by atoms with E-state index in [4.69, 9.17) is 0 Å². The molecule has 0 aliphatic heterocycles. The topological polar surface area (TPSA) is 35.1 Å². The van der Waals surface area contributed by atoms with E-state index in [1.165, 1.54) is 66.8 Å². The zero-order valence-electron chi connectivity index (χ0n) is 15.0. The van der Waals surface area contributed by atoms with Crippen LogP contribution < -0.4 is 0 Å². The molecule has 4 nitrogen and oxygen atoms in total. The van der Waals surface area contributed by atoms with Crippen molar-refractivity contribution in [2.24, 2.45) is 0 Å². The predicted octanol–water partition coefficient (Wildman–Crippen LogP) is 5.59. The molecule has 0 N–H and O–H groups in total. The predicted molar refractivity (Wildman–Crippen MR) is 104 cm³/mol. The van der Waals surface area contributed by atoms with Gasteiger partial charge in [0.15, 0.2) is 0 Å². The van der Waals surface area contributed by atoms with Crippen molar-refractivity contribution in [1.29, 1.82) is 0 Å². The number of nitrogens with zero attached hydrogens (tertiary/aromatic N) is 4. The quantitative estimate of drug-likeness (QED) is 0.394. The summed E-state index contributed by atoms with van der Waals surface area (Å²) in [5.41, 5.74) is 2.45. The molecule has 0 atom stereocenters. The molecule has 2 aromatic carbocycles. The van der Waals surface area contributed by atoms with Crippen LogP contribution in [0.2, 0.25) is 0 Å². The minimum atomic E-state index is 0.942. The van der Waals surface area contributed by atoms with Gasteiger partial charge in [0.1, 0.15) is 6.33 Å². The fraction of sp³-hybridized carbons (Fsp3) is 0.429. The van der Waals surface area contributed by atoms with E-state index in [0.29, 0.717) is 0 Å². The van der Waals surface area contributed by atoms with E-state index in [-0.39, 0.29) is 0 Å². The summed E-state index contributed by atoms with van der Waals surface area (Å²) < 4.78 is 4.46. The summed E-state index contributed by atoms with van der Waals surface area (Å²) in [5.74, 6) is 0.942. The largest absolute Gasteiger partial charge is 0.310 e. The first kappa shape index (κ1) is 16.1. The lowest BCUT2D eigenvalue weighted by molar-refractivity contribution is 0.557. The Kier molecular flexibility index (Phi) is 4.68. The fourth-order valence-corrected chi connectivity index (χ4v) is 3.87. The summed E-state index contributed by atoms with van der Waals surface area (Å²) in [6.45, 7) is 3.27. The fourth-order valence-electron chi connectivity index (χ4n) is 3.87. The second kappa shape index (κ2) is 7.26. The van der Waals surface area contributed by atoms with Gasteiger partial charge in [-0.1, -0.05) is 69.7 Å². The van der Waals surface area contributed by atoms with E-state index in [0.717, 1.165) is 12.3 Å². The summed E-state index contributed by atoms with van der Waals surface area (Å²) >= 11 is 0. The highest BCUT2D eigenvalue weighted by Crippen LogP contribution is 2.28. The summed E-state index contributed by atoms with van der Waals surface area (Å²) in [6, 6.07) is 13.0. The molecule has 25 heavy (non-hydrogen) atoms. The van der Waals surface area contributed by atoms with Crippen LogP contribution in [0.1, 0.15) is 51.9 Å². The van der Waals surface area contributed by atoms with Gasteiger partial charge < -0.3 is 4.57 Å². The monoisotopic (exact) mass is 334 g/mol. The molecule has 2 heterocycles. The summed E-state index contributed by atoms with van der Waals surface area (Å²) in [7, 11) is 0. The normalized spacial score (nSPS) is 11.9. The van der Waals surface area contributed by atoms with Gasteiger partial charge in [0.2, 0.25) is 5.78 Å². The van der Waals surface area contributed by atoms with Crippen LogP contribution in [0.3, 0.4) is 0 Å². The van der Waals surface area contributed by atoms with Gasteiger partial charge in [0, 0.05) is 11.9 Å². The lowest BCUT2D eigenvalue weighted by Crippen LogP contribution is -2.07. The molecule has 0 saturated carbocycles. The van der Waals surface area contributed by atoms with Crippen molar-refractivity contribution in [1.82, 2.24) is 19.2 Å². The molecule has 0 bridgehead atoms. The maximum absolute atomic E-state index is 4.40. The Labute approximate surface area is 148 Å². The molecule has 0 radical (unpaired) electrons. The van der Waals surface area contributed by atoms with Gasteiger partial charge in [-0.15, -0.1) is 10.2 Å². The minimum absolute atomic E-state index is 0.942. The highest BCUT2D eigenvalue weighted by molar-refractivity contribution is 6.08. The molecular formula is C21H26N4. The van der Waals surface area contributed by atoms with Crippen molar-refractivity contribution in [2.75, 3.05) is 0 Å². The highest BCUT2D eigenvalue weighted by Gasteiger charge is 2.12. The van der Waals surface area contributed by atoms with Crippen LogP contribution in [-0.4, -0.2) is 19.2 Å². The van der Waals surface area contributed by atoms with E-state index in [2.05, 4.69) is 62.5 Å². The molecule has 0 fully saturated rings. The zero-order valence-corrected chi connectivity index (χ0v) is 15.0. The average molecular weight is 334 g/mol. The summed E-state index contributed by atoms with van der Waals surface area (Å²) in [5, 5.41) is 11.2. The lowest BCUT2D eigenvalue weighted by atomic mass is 10.1. The Hall–Kier alpha value is -2.36. The Morgan fingerprint density at radius 3 is 2.36 bits per heavy atom. The molecule has 130 valence electrons. The lowest BCUT2D eigenvalue weighted by Gasteiger charge is -2.16. The van der Waals surface area contributed by atoms with E-state index < -0.39 is 0 Å². The molecule has 0 aliphatic rings. The van der Waals surface area contributed by atoms with Gasteiger partial charge in [0.25, 0.3) is 0 Å². The van der Waals surface area contributed by atoms with Crippen molar-refractivity contribution < 1.29 is 0 Å². The van der Waals surface area contributed by atoms with Crippen LogP contribution in [-0.2, 0) is 6.54 Å². The molecule has 2 aromatic heterocycles. The number of aryl methyl sites for hydroxylation is 1. The first-order valence-corrected chi connectivity index (χ1v) is 9.60. The third kappa shape index (κ3) is 3.01. The van der Waals surface area contributed by atoms with Crippen LogP contribution in [0, 0.1) is 0 Å². The van der Waals surface area contributed by atoms with Gasteiger partial charge in [-0.3, -0.25) is 4.40 Å². The molecule has 0 amide bonds. The van der Waals surface area contributed by atoms with Crippen LogP contribution in [0.5, 0.6) is 0 Å². The zero-order chi connectivity index (χ0) is 17.1. The van der Waals surface area contributed by atoms with Gasteiger partial charge in [0.05, 0.1) is 11.0 Å². The molecular weight excluding hydrogens is 308 g/mol. The number of fused-ring (bicyclic) bond motifs is 2. The second-order valence-corrected chi connectivity index (χ2v) is 6.93. The number of hydrogen-bond acceptors (Lipinski definition) is 2. The molecule has 0 unspecified atom stereocenters. The van der Waals surface area contributed by atoms with E-state index in [9.17, 15) is 0 Å². The number of hydrogen-bond donors (Lipinski definition) is 0. The number of rotatable bonds is 8. The standard InChI is InChI=1S/C21H26N4/c1-2-3-4-5-6-7-8-15-24-18-13-9-11-17-12-10-14-19(20(17)18)25-16-22-23-21(24)25/h9-14,16H,2-8,15H2,1H3. The molecule has 0 aliphatic carbocycles. The van der Waals surface area contributed by atoms with Gasteiger partial charge in [-0.2, -0.15) is 0 Å². The molecule has 4 rings (SSSR count). The van der Waals surface area contributed by atoms with Gasteiger partial charge in [-0.25, -0.2) is 0 Å². The summed E-state index contributed by atoms with van der Waals surface area (Å²) in [4.78, 5) is 0. The maximum atomic E-state index is 4.40. The molecule has 0 spiro atoms. The smallest absolute Gasteiger partial charge is 0.236 e. The van der Waals surface area contributed by atoms with Crippen molar-refractivity contribution in [3.05, 3.63) is 42.7 Å². The summed E-state index contributed by atoms with van der Waals surface area (Å²) in [6.07, 6.45) is 11.1. The van der Waals surface area contributed by atoms with Crippen LogP contribution in [0.15, 0.2) is 42.7 Å². The number of benzene rings is 2. The Bertz CT molecular complexity index is 974. The minimum Gasteiger partial charge on any atom is -0.310 e. The van der Waals surface area contributed by atoms with Crippen LogP contribution >= 0.6 is 0 Å². The number of aromatic nitrogens is 4. The van der Waals surface area contributed by atoms with Crippen molar-refractivity contribution in [3.63, 3.8) is 0 Å². The van der Waals surface area contributed by atoms with E-state index in [1.807, 2.05) is 6.33 Å². The third-order valence-electron chi connectivity index (χ3n) is 5.17. The molecule has 0 saturated heterocycles. The second-order valence-electron chi connectivity index (χ2n) is 6.93. The van der Waals surface area contributed by atoms with Crippen LogP contribution in [0.25, 0.3) is 27.6 Å². The van der Waals surface area contributed by atoms with E-state index in [1.54, 1.807) is 0 Å². The van der Waals surface area contributed by atoms with Crippen molar-refractivity contribution >= 4 is 27.6 Å². The first-order chi connectivity index (χ1) is 12.4. The van der Waals surface area contributed by atoms with Gasteiger partial charge >= 0.3 is 0 Å². The number of unbranched alkanes of at least 4 members (excludes halogenated alkanes) is 6. The third-order valence-corrected chi connectivity index (χ3v) is 5.17. The van der Waals surface area contributed by atoms with E-state index >= 15 is 0 Å². The average Bonchev–Trinajstić information content (AvgIpc) is 3.13. The van der Waals surface area contributed by atoms with Gasteiger partial charge in [-0.05, 0) is 23.9 Å². The highest BCUT2D eigenvalue weighted by atomic mass is 15.3. The van der Waals surface area contributed by atoms with Crippen molar-refractivity contribution in [3.8, 4) is 0 Å². The Balaban J connectivity index is 1.63. The van der Waals surface area contributed by atoms with Crippen LogP contribution in [0.4, 0.5) is 0 Å².